The highest BCUT2D eigenvalue weighted by molar-refractivity contribution is 9.09. The molecule has 92 valence electrons. The van der Waals surface area contributed by atoms with Crippen molar-refractivity contribution in [2.24, 2.45) is 5.92 Å². The first kappa shape index (κ1) is 12.5. The maximum Gasteiger partial charge on any atom is 0.223 e. The molecular weight excluding hydrogens is 292 g/mol. The molecule has 1 unspecified atom stereocenters. The van der Waals surface area contributed by atoms with Gasteiger partial charge in [-0.3, -0.25) is 4.79 Å². The van der Waals surface area contributed by atoms with Gasteiger partial charge in [-0.2, -0.15) is 0 Å². The zero-order valence-electron chi connectivity index (χ0n) is 9.13. The first-order valence-corrected chi connectivity index (χ1v) is 6.50. The number of hydrogen-bond donors (Lipinski definition) is 0. The topological polar surface area (TPSA) is 20.3 Å². The van der Waals surface area contributed by atoms with Crippen LogP contribution < -0.4 is 0 Å². The van der Waals surface area contributed by atoms with Crippen LogP contribution in [0.1, 0.15) is 12.0 Å². The Hall–Kier alpha value is -0.970. The van der Waals surface area contributed by atoms with E-state index in [4.69, 9.17) is 0 Å². The number of nitrogens with zero attached hydrogens (tertiary/aromatic N) is 1. The van der Waals surface area contributed by atoms with E-state index in [1.165, 1.54) is 12.1 Å². The lowest BCUT2D eigenvalue weighted by Crippen LogP contribution is -2.25. The highest BCUT2D eigenvalue weighted by Gasteiger charge is 2.29. The lowest BCUT2D eigenvalue weighted by atomic mass is 10.1. The molecule has 0 saturated carbocycles. The van der Waals surface area contributed by atoms with Gasteiger partial charge in [0.15, 0.2) is 0 Å². The molecule has 1 saturated heterocycles. The van der Waals surface area contributed by atoms with Crippen molar-refractivity contribution < 1.29 is 13.6 Å². The summed E-state index contributed by atoms with van der Waals surface area (Å²) in [4.78, 5) is 13.2. The normalized spacial score (nSPS) is 20.1. The number of amides is 1. The summed E-state index contributed by atoms with van der Waals surface area (Å²) in [6, 6.07) is 3.44. The van der Waals surface area contributed by atoms with Crippen molar-refractivity contribution in [3.05, 3.63) is 35.4 Å². The molecule has 2 rings (SSSR count). The molecule has 17 heavy (non-hydrogen) atoms. The van der Waals surface area contributed by atoms with Crippen molar-refractivity contribution >= 4 is 21.8 Å². The molecule has 0 bridgehead atoms. The molecule has 0 aromatic heterocycles. The van der Waals surface area contributed by atoms with E-state index in [2.05, 4.69) is 15.9 Å². The van der Waals surface area contributed by atoms with Crippen LogP contribution in [0, 0.1) is 17.6 Å². The molecule has 2 nitrogen and oxygen atoms in total. The summed E-state index contributed by atoms with van der Waals surface area (Å²) in [6.07, 6.45) is 0.494. The predicted octanol–water partition coefficient (Wildman–Crippen LogP) is 2.71. The molecule has 1 amide bonds. The Balaban J connectivity index is 2.08. The van der Waals surface area contributed by atoms with E-state index in [-0.39, 0.29) is 18.4 Å². The van der Waals surface area contributed by atoms with Crippen molar-refractivity contribution in [1.29, 1.82) is 0 Å². The van der Waals surface area contributed by atoms with Gasteiger partial charge in [0.1, 0.15) is 11.6 Å². The highest BCUT2D eigenvalue weighted by atomic mass is 79.9. The van der Waals surface area contributed by atoms with Crippen LogP contribution >= 0.6 is 15.9 Å². The minimum Gasteiger partial charge on any atom is -0.338 e. The van der Waals surface area contributed by atoms with Gasteiger partial charge in [0.2, 0.25) is 5.91 Å². The van der Waals surface area contributed by atoms with Gasteiger partial charge in [-0.05, 0) is 12.0 Å². The summed E-state index contributed by atoms with van der Waals surface area (Å²) in [5.41, 5.74) is 0.356. The van der Waals surface area contributed by atoms with Crippen molar-refractivity contribution in [1.82, 2.24) is 4.90 Å². The Kier molecular flexibility index (Phi) is 3.76. The molecule has 1 aromatic rings. The molecular formula is C12H12BrF2NO. The number of rotatable bonds is 3. The van der Waals surface area contributed by atoms with Crippen LogP contribution in [0.15, 0.2) is 18.2 Å². The van der Waals surface area contributed by atoms with Crippen LogP contribution in [-0.2, 0) is 11.3 Å². The standard InChI is InChI=1S/C12H12BrF2NO/c13-5-8-3-12(17)16(6-8)7-9-1-2-10(14)4-11(9)15/h1-2,4,8H,3,5-7H2. The van der Waals surface area contributed by atoms with Gasteiger partial charge in [-0.25, -0.2) is 8.78 Å². The number of carbonyl (C=O) groups is 1. The average Bonchev–Trinajstić information content (AvgIpc) is 2.64. The van der Waals surface area contributed by atoms with E-state index in [0.29, 0.717) is 18.5 Å². The van der Waals surface area contributed by atoms with E-state index < -0.39 is 11.6 Å². The SMILES string of the molecule is O=C1CC(CBr)CN1Cc1ccc(F)cc1F. The maximum atomic E-state index is 13.4. The quantitative estimate of drug-likeness (QED) is 0.786. The van der Waals surface area contributed by atoms with E-state index in [1.54, 1.807) is 4.90 Å². The van der Waals surface area contributed by atoms with Crippen LogP contribution in [0.2, 0.25) is 0 Å². The van der Waals surface area contributed by atoms with Gasteiger partial charge in [-0.1, -0.05) is 22.0 Å². The number of carbonyl (C=O) groups excluding carboxylic acids is 1. The number of alkyl halides is 1. The van der Waals surface area contributed by atoms with Gasteiger partial charge >= 0.3 is 0 Å². The van der Waals surface area contributed by atoms with Gasteiger partial charge < -0.3 is 4.90 Å². The molecule has 0 spiro atoms. The fraction of sp³-hybridized carbons (Fsp3) is 0.417. The Bertz CT molecular complexity index is 439. The Morgan fingerprint density at radius 3 is 2.76 bits per heavy atom. The fourth-order valence-electron chi connectivity index (χ4n) is 1.97. The maximum absolute atomic E-state index is 13.4. The van der Waals surface area contributed by atoms with Crippen LogP contribution in [-0.4, -0.2) is 22.7 Å². The summed E-state index contributed by atoms with van der Waals surface area (Å²) in [5, 5.41) is 0.765. The fourth-order valence-corrected chi connectivity index (χ4v) is 2.40. The molecule has 1 aliphatic rings. The van der Waals surface area contributed by atoms with E-state index in [0.717, 1.165) is 11.4 Å². The van der Waals surface area contributed by atoms with Gasteiger partial charge in [0.05, 0.1) is 0 Å². The van der Waals surface area contributed by atoms with Crippen molar-refractivity contribution in [2.75, 3.05) is 11.9 Å². The van der Waals surface area contributed by atoms with E-state index in [9.17, 15) is 13.6 Å². The Labute approximate surface area is 107 Å². The lowest BCUT2D eigenvalue weighted by Gasteiger charge is -2.16. The van der Waals surface area contributed by atoms with Gasteiger partial charge in [0.25, 0.3) is 0 Å². The van der Waals surface area contributed by atoms with E-state index >= 15 is 0 Å². The molecule has 0 aliphatic carbocycles. The van der Waals surface area contributed by atoms with Gasteiger partial charge in [0, 0.05) is 36.5 Å². The molecule has 5 heteroatoms. The second-order valence-electron chi connectivity index (χ2n) is 4.23. The third kappa shape index (κ3) is 2.83. The zero-order chi connectivity index (χ0) is 12.4. The molecule has 0 radical (unpaired) electrons. The smallest absolute Gasteiger partial charge is 0.223 e. The number of benzene rings is 1. The predicted molar refractivity (Wildman–Crippen MR) is 63.7 cm³/mol. The first-order chi connectivity index (χ1) is 8.10. The molecule has 0 N–H and O–H groups in total. The third-order valence-electron chi connectivity index (χ3n) is 2.89. The summed E-state index contributed by atoms with van der Waals surface area (Å²) < 4.78 is 26.2. The molecule has 1 atom stereocenters. The van der Waals surface area contributed by atoms with E-state index in [1.807, 2.05) is 0 Å². The second-order valence-corrected chi connectivity index (χ2v) is 4.88. The van der Waals surface area contributed by atoms with Crippen molar-refractivity contribution in [2.45, 2.75) is 13.0 Å². The minimum absolute atomic E-state index is 0.0261. The zero-order valence-corrected chi connectivity index (χ0v) is 10.7. The van der Waals surface area contributed by atoms with Crippen molar-refractivity contribution in [3.63, 3.8) is 0 Å². The Morgan fingerprint density at radius 2 is 2.18 bits per heavy atom. The third-order valence-corrected chi connectivity index (χ3v) is 3.80. The number of hydrogen-bond acceptors (Lipinski definition) is 1. The van der Waals surface area contributed by atoms with Gasteiger partial charge in [-0.15, -0.1) is 0 Å². The van der Waals surface area contributed by atoms with Crippen LogP contribution in [0.5, 0.6) is 0 Å². The lowest BCUT2D eigenvalue weighted by molar-refractivity contribution is -0.128. The summed E-state index contributed by atoms with van der Waals surface area (Å²) in [6.45, 7) is 0.843. The molecule has 1 fully saturated rings. The first-order valence-electron chi connectivity index (χ1n) is 5.38. The highest BCUT2D eigenvalue weighted by Crippen LogP contribution is 2.22. The minimum atomic E-state index is -0.600. The number of likely N-dealkylation sites (tertiary alicyclic amines) is 1. The summed E-state index contributed by atoms with van der Waals surface area (Å²) in [5.74, 6) is -0.887. The van der Waals surface area contributed by atoms with Crippen LogP contribution in [0.25, 0.3) is 0 Å². The van der Waals surface area contributed by atoms with Crippen LogP contribution in [0.4, 0.5) is 8.78 Å². The number of halogens is 3. The molecule has 1 aromatic carbocycles. The largest absolute Gasteiger partial charge is 0.338 e. The summed E-state index contributed by atoms with van der Waals surface area (Å²) in [7, 11) is 0. The summed E-state index contributed by atoms with van der Waals surface area (Å²) >= 11 is 3.34. The molecule has 1 aliphatic heterocycles. The monoisotopic (exact) mass is 303 g/mol. The average molecular weight is 304 g/mol. The second kappa shape index (κ2) is 5.12. The van der Waals surface area contributed by atoms with Crippen molar-refractivity contribution in [3.8, 4) is 0 Å². The van der Waals surface area contributed by atoms with Crippen LogP contribution in [0.3, 0.4) is 0 Å². The molecule has 1 heterocycles. The Morgan fingerprint density at radius 1 is 1.41 bits per heavy atom.